The molecule has 0 aliphatic heterocycles. The fourth-order valence-corrected chi connectivity index (χ4v) is 1.99. The van der Waals surface area contributed by atoms with Crippen LogP contribution in [0.4, 0.5) is 0 Å². The molecule has 0 amide bonds. The van der Waals surface area contributed by atoms with Crippen LogP contribution in [0.25, 0.3) is 0 Å². The molecule has 2 aromatic carbocycles. The highest BCUT2D eigenvalue weighted by molar-refractivity contribution is 5.40. The molecule has 1 unspecified atom stereocenters. The van der Waals surface area contributed by atoms with Crippen LogP contribution in [0.2, 0.25) is 0 Å². The lowest BCUT2D eigenvalue weighted by Crippen LogP contribution is -2.23. The smallest absolute Gasteiger partial charge is 0.157 e. The molecule has 0 radical (unpaired) electrons. The van der Waals surface area contributed by atoms with Crippen molar-refractivity contribution in [2.75, 3.05) is 13.1 Å². The summed E-state index contributed by atoms with van der Waals surface area (Å²) in [5.74, 6) is -0.215. The first-order valence-corrected chi connectivity index (χ1v) is 6.61. The van der Waals surface area contributed by atoms with Crippen molar-refractivity contribution in [2.45, 2.75) is 12.5 Å². The van der Waals surface area contributed by atoms with E-state index in [1.54, 1.807) is 12.1 Å². The molecular weight excluding hydrogens is 254 g/mol. The van der Waals surface area contributed by atoms with Crippen LogP contribution in [-0.2, 0) is 6.42 Å². The van der Waals surface area contributed by atoms with Gasteiger partial charge in [-0.05, 0) is 36.2 Å². The molecule has 4 N–H and O–H groups in total. The zero-order chi connectivity index (χ0) is 14.4. The molecule has 2 rings (SSSR count). The first-order valence-electron chi connectivity index (χ1n) is 6.61. The maximum absolute atomic E-state index is 9.96. The summed E-state index contributed by atoms with van der Waals surface area (Å²) in [6.07, 6.45) is 0.194. The summed E-state index contributed by atoms with van der Waals surface area (Å²) in [6, 6.07) is 14.3. The van der Waals surface area contributed by atoms with E-state index in [0.29, 0.717) is 13.1 Å². The van der Waals surface area contributed by atoms with Gasteiger partial charge in [0, 0.05) is 6.54 Å². The number of phenolic OH excluding ortho intramolecular Hbond substituents is 2. The third-order valence-corrected chi connectivity index (χ3v) is 3.15. The first-order chi connectivity index (χ1) is 9.66. The maximum atomic E-state index is 9.96. The summed E-state index contributed by atoms with van der Waals surface area (Å²) in [5, 5.41) is 31.7. The normalized spacial score (nSPS) is 12.2. The summed E-state index contributed by atoms with van der Waals surface area (Å²) in [7, 11) is 0. The van der Waals surface area contributed by atoms with Gasteiger partial charge in [0.2, 0.25) is 0 Å². The van der Waals surface area contributed by atoms with Gasteiger partial charge in [0.25, 0.3) is 0 Å². The van der Waals surface area contributed by atoms with E-state index in [-0.39, 0.29) is 11.5 Å². The average Bonchev–Trinajstić information content (AvgIpc) is 2.48. The molecule has 4 heteroatoms. The number of aliphatic hydroxyl groups is 1. The number of rotatable bonds is 6. The van der Waals surface area contributed by atoms with Crippen LogP contribution < -0.4 is 5.32 Å². The molecule has 0 heterocycles. The Balaban J connectivity index is 1.75. The Hall–Kier alpha value is -2.04. The summed E-state index contributed by atoms with van der Waals surface area (Å²) in [5.41, 5.74) is 1.82. The number of benzene rings is 2. The van der Waals surface area contributed by atoms with Gasteiger partial charge in [-0.15, -0.1) is 0 Å². The Morgan fingerprint density at radius 2 is 1.70 bits per heavy atom. The van der Waals surface area contributed by atoms with Crippen LogP contribution in [0.3, 0.4) is 0 Å². The van der Waals surface area contributed by atoms with Crippen molar-refractivity contribution < 1.29 is 15.3 Å². The lowest BCUT2D eigenvalue weighted by atomic mass is 10.1. The molecular formula is C16H19NO3. The van der Waals surface area contributed by atoms with Crippen LogP contribution in [0.5, 0.6) is 11.5 Å². The fourth-order valence-electron chi connectivity index (χ4n) is 1.99. The second-order valence-corrected chi connectivity index (χ2v) is 4.70. The highest BCUT2D eigenvalue weighted by Gasteiger charge is 2.06. The highest BCUT2D eigenvalue weighted by Crippen LogP contribution is 2.24. The molecule has 0 saturated heterocycles. The molecule has 0 aliphatic carbocycles. The van der Waals surface area contributed by atoms with E-state index in [1.807, 2.05) is 30.3 Å². The minimum atomic E-state index is -0.524. The van der Waals surface area contributed by atoms with Crippen LogP contribution in [0.15, 0.2) is 48.5 Å². The predicted molar refractivity (Wildman–Crippen MR) is 77.7 cm³/mol. The van der Waals surface area contributed by atoms with Gasteiger partial charge >= 0.3 is 0 Å². The van der Waals surface area contributed by atoms with Crippen molar-refractivity contribution >= 4 is 0 Å². The van der Waals surface area contributed by atoms with E-state index in [1.165, 1.54) is 6.07 Å². The van der Waals surface area contributed by atoms with Crippen LogP contribution >= 0.6 is 0 Å². The van der Waals surface area contributed by atoms with Gasteiger partial charge in [0.05, 0.1) is 6.10 Å². The van der Waals surface area contributed by atoms with Crippen molar-refractivity contribution in [1.82, 2.24) is 5.32 Å². The molecule has 2 aromatic rings. The van der Waals surface area contributed by atoms with E-state index in [4.69, 9.17) is 0 Å². The van der Waals surface area contributed by atoms with Crippen LogP contribution in [0.1, 0.15) is 17.2 Å². The molecule has 106 valence electrons. The summed E-state index contributed by atoms with van der Waals surface area (Å²) in [4.78, 5) is 0. The Kier molecular flexibility index (Phi) is 4.98. The number of hydrogen-bond acceptors (Lipinski definition) is 4. The predicted octanol–water partition coefficient (Wildman–Crippen LogP) is 1.96. The molecule has 0 aliphatic rings. The van der Waals surface area contributed by atoms with Crippen LogP contribution in [-0.4, -0.2) is 28.4 Å². The number of aromatic hydroxyl groups is 2. The second kappa shape index (κ2) is 6.93. The number of nitrogens with one attached hydrogen (secondary N) is 1. The number of hydrogen-bond donors (Lipinski definition) is 4. The quantitative estimate of drug-likeness (QED) is 0.479. The Labute approximate surface area is 118 Å². The third kappa shape index (κ3) is 3.98. The lowest BCUT2D eigenvalue weighted by Gasteiger charge is -2.12. The molecule has 0 bridgehead atoms. The van der Waals surface area contributed by atoms with E-state index in [2.05, 4.69) is 5.32 Å². The molecule has 4 nitrogen and oxygen atoms in total. The van der Waals surface area contributed by atoms with Crippen molar-refractivity contribution in [1.29, 1.82) is 0 Å². The zero-order valence-electron chi connectivity index (χ0n) is 11.2. The average molecular weight is 273 g/mol. The van der Waals surface area contributed by atoms with Crippen molar-refractivity contribution in [3.05, 3.63) is 59.7 Å². The zero-order valence-corrected chi connectivity index (χ0v) is 11.2. The molecule has 1 atom stereocenters. The molecule has 0 spiro atoms. The SMILES string of the molecule is Oc1ccc(CCNCC(O)c2ccccc2)cc1O. The third-order valence-electron chi connectivity index (χ3n) is 3.15. The monoisotopic (exact) mass is 273 g/mol. The van der Waals surface area contributed by atoms with Gasteiger partial charge in [-0.1, -0.05) is 36.4 Å². The van der Waals surface area contributed by atoms with Crippen molar-refractivity contribution in [3.63, 3.8) is 0 Å². The van der Waals surface area contributed by atoms with E-state index >= 15 is 0 Å². The minimum absolute atomic E-state index is 0.105. The fraction of sp³-hybridized carbons (Fsp3) is 0.250. The van der Waals surface area contributed by atoms with E-state index < -0.39 is 6.10 Å². The molecule has 0 saturated carbocycles. The molecule has 0 aromatic heterocycles. The van der Waals surface area contributed by atoms with Gasteiger partial charge in [0.15, 0.2) is 11.5 Å². The lowest BCUT2D eigenvalue weighted by molar-refractivity contribution is 0.175. The largest absolute Gasteiger partial charge is 0.504 e. The number of aliphatic hydroxyl groups excluding tert-OH is 1. The summed E-state index contributed by atoms with van der Waals surface area (Å²) >= 11 is 0. The standard InChI is InChI=1S/C16H19NO3/c18-14-7-6-12(10-15(14)19)8-9-17-11-16(20)13-4-2-1-3-5-13/h1-7,10,16-20H,8-9,11H2. The maximum Gasteiger partial charge on any atom is 0.157 e. The topological polar surface area (TPSA) is 72.7 Å². The highest BCUT2D eigenvalue weighted by atomic mass is 16.3. The Morgan fingerprint density at radius 3 is 2.40 bits per heavy atom. The van der Waals surface area contributed by atoms with Gasteiger partial charge < -0.3 is 20.6 Å². The Morgan fingerprint density at radius 1 is 0.950 bits per heavy atom. The van der Waals surface area contributed by atoms with Crippen molar-refractivity contribution in [2.24, 2.45) is 0 Å². The summed E-state index contributed by atoms with van der Waals surface area (Å²) in [6.45, 7) is 1.17. The number of phenols is 2. The molecule has 0 fully saturated rings. The summed E-state index contributed by atoms with van der Waals surface area (Å²) < 4.78 is 0. The van der Waals surface area contributed by atoms with Gasteiger partial charge in [-0.2, -0.15) is 0 Å². The van der Waals surface area contributed by atoms with E-state index in [9.17, 15) is 15.3 Å². The van der Waals surface area contributed by atoms with Gasteiger partial charge in [0.1, 0.15) is 0 Å². The van der Waals surface area contributed by atoms with Gasteiger partial charge in [-0.25, -0.2) is 0 Å². The van der Waals surface area contributed by atoms with Crippen LogP contribution in [0, 0.1) is 0 Å². The minimum Gasteiger partial charge on any atom is -0.504 e. The van der Waals surface area contributed by atoms with E-state index in [0.717, 1.165) is 17.5 Å². The Bertz CT molecular complexity index is 543. The van der Waals surface area contributed by atoms with Gasteiger partial charge in [-0.3, -0.25) is 0 Å². The molecule has 20 heavy (non-hydrogen) atoms. The first kappa shape index (κ1) is 14.4. The van der Waals surface area contributed by atoms with Crippen molar-refractivity contribution in [3.8, 4) is 11.5 Å². The second-order valence-electron chi connectivity index (χ2n) is 4.70.